The molecule has 0 saturated carbocycles. The summed E-state index contributed by atoms with van der Waals surface area (Å²) in [6.45, 7) is 2.94. The molecule has 1 fully saturated rings. The van der Waals surface area contributed by atoms with E-state index in [0.717, 1.165) is 38.9 Å². The number of carbonyl (C=O) groups excluding carboxylic acids is 1. The maximum Gasteiger partial charge on any atom is 0.246 e. The number of benzene rings is 2. The third kappa shape index (κ3) is 5.14. The Bertz CT molecular complexity index is 938. The lowest BCUT2D eigenvalue weighted by molar-refractivity contribution is -0.126. The third-order valence-corrected chi connectivity index (χ3v) is 6.49. The highest BCUT2D eigenvalue weighted by Gasteiger charge is 2.25. The fourth-order valence-corrected chi connectivity index (χ4v) is 4.88. The number of halogens is 1. The average Bonchev–Trinajstić information content (AvgIpc) is 3.39. The molecule has 1 aliphatic heterocycles. The number of fused-ring (bicyclic) bond motifs is 1. The van der Waals surface area contributed by atoms with E-state index in [1.54, 1.807) is 11.3 Å². The Labute approximate surface area is 179 Å². The summed E-state index contributed by atoms with van der Waals surface area (Å²) in [7, 11) is 0. The first-order valence-corrected chi connectivity index (χ1v) is 11.1. The number of para-hydroxylation sites is 1. The Morgan fingerprint density at radius 1 is 1.17 bits per heavy atom. The van der Waals surface area contributed by atoms with Gasteiger partial charge in [0.1, 0.15) is 11.6 Å². The lowest BCUT2D eigenvalue weighted by Gasteiger charge is -2.29. The fraction of sp³-hybridized carbons (Fsp3) is 0.364. The first-order chi connectivity index (χ1) is 14.2. The molecule has 5 nitrogen and oxygen atoms in total. The molecule has 1 aliphatic rings. The highest BCUT2D eigenvalue weighted by molar-refractivity contribution is 7.18. The normalized spacial score (nSPS) is 15.6. The first-order valence-electron chi connectivity index (χ1n) is 9.88. The summed E-state index contributed by atoms with van der Waals surface area (Å²) in [4.78, 5) is 19.3. The predicted octanol–water partition coefficient (Wildman–Crippen LogP) is 4.42. The van der Waals surface area contributed by atoms with Gasteiger partial charge in [-0.05, 0) is 49.7 Å². The number of hydrogen-bond acceptors (Lipinski definition) is 5. The van der Waals surface area contributed by atoms with Crippen LogP contribution in [0.1, 0.15) is 29.5 Å². The number of nitrogens with zero attached hydrogens (tertiary/aromatic N) is 2. The third-order valence-electron chi connectivity index (χ3n) is 5.14. The van der Waals surface area contributed by atoms with Crippen LogP contribution in [0, 0.1) is 0 Å². The molecule has 1 N–H and O–H groups in total. The van der Waals surface area contributed by atoms with Gasteiger partial charge in [-0.2, -0.15) is 0 Å². The predicted molar refractivity (Wildman–Crippen MR) is 117 cm³/mol. The van der Waals surface area contributed by atoms with Crippen molar-refractivity contribution in [3.05, 3.63) is 64.1 Å². The first kappa shape index (κ1) is 20.3. The van der Waals surface area contributed by atoms with E-state index in [4.69, 9.17) is 16.3 Å². The van der Waals surface area contributed by atoms with E-state index in [0.29, 0.717) is 13.2 Å². The molecule has 29 heavy (non-hydrogen) atoms. The molecule has 2 aromatic carbocycles. The average molecular weight is 430 g/mol. The van der Waals surface area contributed by atoms with E-state index in [9.17, 15) is 4.79 Å². The van der Waals surface area contributed by atoms with Gasteiger partial charge in [-0.1, -0.05) is 41.9 Å². The zero-order valence-corrected chi connectivity index (χ0v) is 17.7. The highest BCUT2D eigenvalue weighted by Crippen LogP contribution is 2.29. The smallest absolute Gasteiger partial charge is 0.246 e. The maximum atomic E-state index is 12.3. The minimum Gasteiger partial charge on any atom is -0.364 e. The lowest BCUT2D eigenvalue weighted by Crippen LogP contribution is -2.38. The number of thiazole rings is 1. The van der Waals surface area contributed by atoms with Crippen LogP contribution in [0.4, 0.5) is 0 Å². The van der Waals surface area contributed by atoms with E-state index in [2.05, 4.69) is 15.2 Å². The Morgan fingerprint density at radius 3 is 2.72 bits per heavy atom. The minimum atomic E-state index is -0.123. The molecule has 1 saturated heterocycles. The number of aromatic nitrogens is 1. The van der Waals surface area contributed by atoms with Crippen LogP contribution in [-0.2, 0) is 16.1 Å². The number of nitrogens with one attached hydrogen (secondary N) is 1. The molecule has 1 amide bonds. The van der Waals surface area contributed by atoms with Crippen molar-refractivity contribution in [1.29, 1.82) is 0 Å². The second-order valence-corrected chi connectivity index (χ2v) is 8.67. The van der Waals surface area contributed by atoms with Crippen molar-refractivity contribution in [3.63, 3.8) is 0 Å². The maximum absolute atomic E-state index is 12.3. The van der Waals surface area contributed by atoms with Gasteiger partial charge in [-0.15, -0.1) is 11.3 Å². The van der Waals surface area contributed by atoms with Crippen molar-refractivity contribution in [2.45, 2.75) is 25.5 Å². The summed E-state index contributed by atoms with van der Waals surface area (Å²) >= 11 is 8.02. The summed E-state index contributed by atoms with van der Waals surface area (Å²) in [5.74, 6) is -0.123. The van der Waals surface area contributed by atoms with Crippen LogP contribution in [0.25, 0.3) is 10.2 Å². The molecule has 1 atom stereocenters. The number of carbonyl (C=O) groups is 1. The molecule has 0 bridgehead atoms. The molecule has 4 rings (SSSR count). The van der Waals surface area contributed by atoms with E-state index in [1.807, 2.05) is 48.5 Å². The summed E-state index contributed by atoms with van der Waals surface area (Å²) in [6, 6.07) is 15.9. The van der Waals surface area contributed by atoms with Gasteiger partial charge in [0.2, 0.25) is 5.91 Å². The number of rotatable bonds is 8. The van der Waals surface area contributed by atoms with Crippen LogP contribution in [0.2, 0.25) is 5.02 Å². The largest absolute Gasteiger partial charge is 0.364 e. The van der Waals surface area contributed by atoms with E-state index in [-0.39, 0.29) is 18.6 Å². The topological polar surface area (TPSA) is 54.5 Å². The van der Waals surface area contributed by atoms with Gasteiger partial charge >= 0.3 is 0 Å². The number of amides is 1. The van der Waals surface area contributed by atoms with Gasteiger partial charge in [0, 0.05) is 11.6 Å². The van der Waals surface area contributed by atoms with Crippen LogP contribution in [-0.4, -0.2) is 42.0 Å². The monoisotopic (exact) mass is 429 g/mol. The molecule has 2 heterocycles. The molecular formula is C22H24ClN3O2S. The molecule has 1 unspecified atom stereocenters. The van der Waals surface area contributed by atoms with Gasteiger partial charge in [-0.3, -0.25) is 9.69 Å². The number of hydrogen-bond donors (Lipinski definition) is 1. The fourth-order valence-electron chi connectivity index (χ4n) is 3.71. The second kappa shape index (κ2) is 9.67. The van der Waals surface area contributed by atoms with Crippen LogP contribution in [0.15, 0.2) is 48.5 Å². The van der Waals surface area contributed by atoms with E-state index in [1.165, 1.54) is 12.8 Å². The van der Waals surface area contributed by atoms with Gasteiger partial charge in [0.25, 0.3) is 0 Å². The Kier molecular flexibility index (Phi) is 6.77. The van der Waals surface area contributed by atoms with Crippen LogP contribution in [0.5, 0.6) is 0 Å². The SMILES string of the molecule is O=C(COCc1nc2ccccc2s1)NCC(c1ccccc1Cl)N1CCCC1. The summed E-state index contributed by atoms with van der Waals surface area (Å²) < 4.78 is 6.72. The van der Waals surface area contributed by atoms with Crippen molar-refractivity contribution in [2.24, 2.45) is 0 Å². The number of likely N-dealkylation sites (tertiary alicyclic amines) is 1. The Balaban J connectivity index is 1.30. The molecule has 0 spiro atoms. The molecule has 7 heteroatoms. The molecule has 152 valence electrons. The zero-order chi connectivity index (χ0) is 20.1. The van der Waals surface area contributed by atoms with Gasteiger partial charge in [0.15, 0.2) is 0 Å². The minimum absolute atomic E-state index is 0.0190. The summed E-state index contributed by atoms with van der Waals surface area (Å²) in [5.41, 5.74) is 2.03. The second-order valence-electron chi connectivity index (χ2n) is 7.15. The zero-order valence-electron chi connectivity index (χ0n) is 16.1. The number of ether oxygens (including phenoxy) is 1. The molecule has 1 aromatic heterocycles. The molecule has 0 aliphatic carbocycles. The highest BCUT2D eigenvalue weighted by atomic mass is 35.5. The molecule has 0 radical (unpaired) electrons. The van der Waals surface area contributed by atoms with E-state index < -0.39 is 0 Å². The van der Waals surface area contributed by atoms with Crippen molar-refractivity contribution in [1.82, 2.24) is 15.2 Å². The summed E-state index contributed by atoms with van der Waals surface area (Å²) in [6.07, 6.45) is 2.36. The van der Waals surface area contributed by atoms with Gasteiger partial charge < -0.3 is 10.1 Å². The quantitative estimate of drug-likeness (QED) is 0.576. The van der Waals surface area contributed by atoms with Crippen LogP contribution < -0.4 is 5.32 Å². The van der Waals surface area contributed by atoms with Crippen LogP contribution >= 0.6 is 22.9 Å². The van der Waals surface area contributed by atoms with Crippen LogP contribution in [0.3, 0.4) is 0 Å². The van der Waals surface area contributed by atoms with E-state index >= 15 is 0 Å². The van der Waals surface area contributed by atoms with Gasteiger partial charge in [-0.25, -0.2) is 4.98 Å². The van der Waals surface area contributed by atoms with Crippen molar-refractivity contribution < 1.29 is 9.53 Å². The lowest BCUT2D eigenvalue weighted by atomic mass is 10.1. The van der Waals surface area contributed by atoms with Crippen molar-refractivity contribution in [3.8, 4) is 0 Å². The standard InChI is InChI=1S/C22H24ClN3O2S/c23-17-8-2-1-7-16(17)19(26-11-5-6-12-26)13-24-21(27)14-28-15-22-25-18-9-3-4-10-20(18)29-22/h1-4,7-10,19H,5-6,11-15H2,(H,24,27). The van der Waals surface area contributed by atoms with Crippen molar-refractivity contribution in [2.75, 3.05) is 26.2 Å². The Hall–Kier alpha value is -1.99. The molecular weight excluding hydrogens is 406 g/mol. The molecule has 3 aromatic rings. The summed E-state index contributed by atoms with van der Waals surface area (Å²) in [5, 5.41) is 4.64. The van der Waals surface area contributed by atoms with Crippen molar-refractivity contribution >= 4 is 39.1 Å². The van der Waals surface area contributed by atoms with Gasteiger partial charge in [0.05, 0.1) is 22.9 Å². The Morgan fingerprint density at radius 2 is 1.93 bits per heavy atom.